The summed E-state index contributed by atoms with van der Waals surface area (Å²) in [6.07, 6.45) is -1.91. The van der Waals surface area contributed by atoms with E-state index in [4.69, 9.17) is 24.0 Å². The van der Waals surface area contributed by atoms with Gasteiger partial charge in [0.1, 0.15) is 6.10 Å². The number of carboxylic acids is 1. The Morgan fingerprint density at radius 2 is 1.60 bits per heavy atom. The van der Waals surface area contributed by atoms with E-state index < -0.39 is 29.6 Å². The van der Waals surface area contributed by atoms with Crippen LogP contribution < -0.4 is 0 Å². The summed E-state index contributed by atoms with van der Waals surface area (Å²) in [6.45, 7) is 6.94. The van der Waals surface area contributed by atoms with Gasteiger partial charge in [0.05, 0.1) is 5.60 Å². The minimum absolute atomic E-state index is 0.168. The molecule has 0 aromatic rings. The summed E-state index contributed by atoms with van der Waals surface area (Å²) in [6, 6.07) is 0. The minimum Gasteiger partial charge on any atom is -0.479 e. The van der Waals surface area contributed by atoms with Crippen molar-refractivity contribution in [3.05, 3.63) is 0 Å². The van der Waals surface area contributed by atoms with Crippen LogP contribution in [0.5, 0.6) is 0 Å². The topological polar surface area (TPSA) is 83.5 Å². The maximum Gasteiger partial charge on any atom is 0.338 e. The minimum atomic E-state index is -1.29. The third kappa shape index (κ3) is 6.62. The van der Waals surface area contributed by atoms with Crippen molar-refractivity contribution in [1.29, 1.82) is 0 Å². The lowest BCUT2D eigenvalue weighted by atomic mass is 10.0. The van der Waals surface area contributed by atoms with E-state index >= 15 is 0 Å². The molecule has 2 unspecified atom stereocenters. The molecular formula is C13H26O7. The molecule has 7 heteroatoms. The maximum absolute atomic E-state index is 11.3. The lowest BCUT2D eigenvalue weighted by Crippen LogP contribution is -2.45. The SMILES string of the molecule is COC(CC(C)(OC)OC)C(OOC(C)(C)C)C(=O)O. The van der Waals surface area contributed by atoms with E-state index in [0.29, 0.717) is 0 Å². The fourth-order valence-electron chi connectivity index (χ4n) is 1.39. The van der Waals surface area contributed by atoms with Gasteiger partial charge < -0.3 is 19.3 Å². The molecule has 7 nitrogen and oxygen atoms in total. The molecule has 2 atom stereocenters. The quantitative estimate of drug-likeness (QED) is 0.393. The van der Waals surface area contributed by atoms with E-state index in [1.54, 1.807) is 27.7 Å². The first-order valence-electron chi connectivity index (χ1n) is 6.29. The van der Waals surface area contributed by atoms with Crippen LogP contribution in [0.1, 0.15) is 34.1 Å². The Bertz CT molecular complexity index is 294. The molecule has 0 rings (SSSR count). The maximum atomic E-state index is 11.3. The average Bonchev–Trinajstić information content (AvgIpc) is 2.35. The van der Waals surface area contributed by atoms with Crippen LogP contribution in [0.25, 0.3) is 0 Å². The van der Waals surface area contributed by atoms with Crippen molar-refractivity contribution in [2.45, 2.75) is 57.7 Å². The summed E-state index contributed by atoms with van der Waals surface area (Å²) < 4.78 is 15.6. The van der Waals surface area contributed by atoms with E-state index in [0.717, 1.165) is 0 Å². The van der Waals surface area contributed by atoms with E-state index in [9.17, 15) is 9.90 Å². The van der Waals surface area contributed by atoms with Crippen molar-refractivity contribution in [3.63, 3.8) is 0 Å². The summed E-state index contributed by atoms with van der Waals surface area (Å²) in [4.78, 5) is 21.4. The first-order chi connectivity index (χ1) is 9.08. The van der Waals surface area contributed by atoms with Crippen molar-refractivity contribution in [2.24, 2.45) is 0 Å². The van der Waals surface area contributed by atoms with Crippen molar-refractivity contribution in [2.75, 3.05) is 21.3 Å². The van der Waals surface area contributed by atoms with Gasteiger partial charge in [0.25, 0.3) is 0 Å². The lowest BCUT2D eigenvalue weighted by Gasteiger charge is -2.32. The monoisotopic (exact) mass is 294 g/mol. The standard InChI is InChI=1S/C13H26O7/c1-12(2,3)20-19-10(11(14)15)9(16-5)8-13(4,17-6)18-7/h9-10H,8H2,1-7H3,(H,14,15). The molecule has 120 valence electrons. The second-order valence-electron chi connectivity index (χ2n) is 5.57. The van der Waals surface area contributed by atoms with Crippen LogP contribution in [0, 0.1) is 0 Å². The largest absolute Gasteiger partial charge is 0.479 e. The Morgan fingerprint density at radius 3 is 1.90 bits per heavy atom. The highest BCUT2D eigenvalue weighted by Crippen LogP contribution is 2.23. The summed E-state index contributed by atoms with van der Waals surface area (Å²) in [7, 11) is 4.34. The van der Waals surface area contributed by atoms with Gasteiger partial charge in [0.2, 0.25) is 6.10 Å². The van der Waals surface area contributed by atoms with Gasteiger partial charge in [-0.05, 0) is 27.7 Å². The number of carboxylic acid groups (broad SMARTS) is 1. The third-order valence-electron chi connectivity index (χ3n) is 2.72. The number of methoxy groups -OCH3 is 3. The van der Waals surface area contributed by atoms with Crippen molar-refractivity contribution in [3.8, 4) is 0 Å². The van der Waals surface area contributed by atoms with Gasteiger partial charge in [0, 0.05) is 27.8 Å². The van der Waals surface area contributed by atoms with Gasteiger partial charge in [-0.25, -0.2) is 14.6 Å². The molecule has 0 aromatic heterocycles. The zero-order valence-corrected chi connectivity index (χ0v) is 13.3. The molecule has 0 spiro atoms. The molecular weight excluding hydrogens is 268 g/mol. The van der Waals surface area contributed by atoms with Gasteiger partial charge in [-0.1, -0.05) is 0 Å². The molecule has 1 N–H and O–H groups in total. The van der Waals surface area contributed by atoms with Gasteiger partial charge in [-0.15, -0.1) is 0 Å². The van der Waals surface area contributed by atoms with Crippen LogP contribution in [0.4, 0.5) is 0 Å². The van der Waals surface area contributed by atoms with Gasteiger partial charge in [-0.3, -0.25) is 0 Å². The third-order valence-corrected chi connectivity index (χ3v) is 2.72. The predicted molar refractivity (Wildman–Crippen MR) is 71.2 cm³/mol. The second kappa shape index (κ2) is 7.90. The van der Waals surface area contributed by atoms with Crippen LogP contribution >= 0.6 is 0 Å². The van der Waals surface area contributed by atoms with Crippen LogP contribution in [-0.4, -0.2) is 56.0 Å². The van der Waals surface area contributed by atoms with Crippen molar-refractivity contribution in [1.82, 2.24) is 0 Å². The average molecular weight is 294 g/mol. The molecule has 0 radical (unpaired) electrons. The first kappa shape index (κ1) is 19.3. The van der Waals surface area contributed by atoms with Gasteiger partial charge in [0.15, 0.2) is 5.79 Å². The Balaban J connectivity index is 4.89. The Hall–Kier alpha value is -0.730. The molecule has 0 aliphatic rings. The van der Waals surface area contributed by atoms with E-state index in [-0.39, 0.29) is 6.42 Å². The fraction of sp³-hybridized carbons (Fsp3) is 0.923. The van der Waals surface area contributed by atoms with Crippen molar-refractivity contribution < 1.29 is 33.9 Å². The van der Waals surface area contributed by atoms with E-state index in [1.165, 1.54) is 21.3 Å². The van der Waals surface area contributed by atoms with Crippen LogP contribution in [0.2, 0.25) is 0 Å². The number of ether oxygens (including phenoxy) is 3. The number of carbonyl (C=O) groups is 1. The Kier molecular flexibility index (Phi) is 7.61. The summed E-state index contributed by atoms with van der Waals surface area (Å²) >= 11 is 0. The lowest BCUT2D eigenvalue weighted by molar-refractivity contribution is -0.380. The molecule has 0 amide bonds. The molecule has 20 heavy (non-hydrogen) atoms. The Labute approximate surface area is 120 Å². The van der Waals surface area contributed by atoms with E-state index in [1.807, 2.05) is 0 Å². The predicted octanol–water partition coefficient (Wildman–Crippen LogP) is 1.60. The second-order valence-corrected chi connectivity index (χ2v) is 5.57. The molecule has 0 bridgehead atoms. The highest BCUT2D eigenvalue weighted by molar-refractivity contribution is 5.73. The zero-order valence-electron chi connectivity index (χ0n) is 13.3. The molecule has 0 aliphatic heterocycles. The highest BCUT2D eigenvalue weighted by atomic mass is 17.2. The molecule has 0 saturated heterocycles. The zero-order chi connectivity index (χ0) is 16.0. The normalized spacial score (nSPS) is 15.9. The van der Waals surface area contributed by atoms with E-state index in [2.05, 4.69) is 0 Å². The molecule has 0 aliphatic carbocycles. The molecule has 0 saturated carbocycles. The molecule has 0 heterocycles. The van der Waals surface area contributed by atoms with Crippen molar-refractivity contribution >= 4 is 5.97 Å². The molecule has 0 aromatic carbocycles. The number of hydrogen-bond donors (Lipinski definition) is 1. The number of aliphatic carboxylic acids is 1. The van der Waals surface area contributed by atoms with Crippen LogP contribution in [0.15, 0.2) is 0 Å². The summed E-state index contributed by atoms with van der Waals surface area (Å²) in [5.74, 6) is -2.16. The Morgan fingerprint density at radius 1 is 1.10 bits per heavy atom. The number of rotatable bonds is 9. The summed E-state index contributed by atoms with van der Waals surface area (Å²) in [5, 5.41) is 9.25. The highest BCUT2D eigenvalue weighted by Gasteiger charge is 2.38. The van der Waals surface area contributed by atoms with Crippen LogP contribution in [0.3, 0.4) is 0 Å². The smallest absolute Gasteiger partial charge is 0.338 e. The molecule has 0 fully saturated rings. The van der Waals surface area contributed by atoms with Gasteiger partial charge >= 0.3 is 5.97 Å². The van der Waals surface area contributed by atoms with Gasteiger partial charge in [-0.2, -0.15) is 0 Å². The first-order valence-corrected chi connectivity index (χ1v) is 6.29. The number of hydrogen-bond acceptors (Lipinski definition) is 6. The van der Waals surface area contributed by atoms with Crippen LogP contribution in [-0.2, 0) is 28.8 Å². The fourth-order valence-corrected chi connectivity index (χ4v) is 1.39. The summed E-state index contributed by atoms with van der Waals surface area (Å²) in [5.41, 5.74) is -0.627.